The third kappa shape index (κ3) is 5.64. The minimum atomic E-state index is 0. The van der Waals surface area contributed by atoms with Gasteiger partial charge in [-0.05, 0) is 50.7 Å². The molecule has 1 saturated heterocycles. The molecule has 0 bridgehead atoms. The van der Waals surface area contributed by atoms with Gasteiger partial charge in [-0.2, -0.15) is 0 Å². The van der Waals surface area contributed by atoms with Crippen LogP contribution in [0.5, 0.6) is 0 Å². The Labute approximate surface area is 181 Å². The highest BCUT2D eigenvalue weighted by Crippen LogP contribution is 2.36. The maximum Gasteiger partial charge on any atom is 0.191 e. The normalized spacial score (nSPS) is 21.3. The first-order chi connectivity index (χ1) is 12.2. The molecule has 0 spiro atoms. The van der Waals surface area contributed by atoms with Crippen molar-refractivity contribution in [3.8, 4) is 0 Å². The summed E-state index contributed by atoms with van der Waals surface area (Å²) in [6.45, 7) is 4.92. The van der Waals surface area contributed by atoms with Gasteiger partial charge < -0.3 is 10.6 Å². The van der Waals surface area contributed by atoms with Crippen molar-refractivity contribution in [3.63, 3.8) is 0 Å². The molecule has 2 aromatic heterocycles. The molecule has 0 saturated carbocycles. The van der Waals surface area contributed by atoms with Crippen molar-refractivity contribution in [2.45, 2.75) is 32.4 Å². The van der Waals surface area contributed by atoms with E-state index in [1.807, 2.05) is 31.5 Å². The Hall–Kier alpha value is -0.710. The monoisotopic (exact) mass is 505 g/mol. The molecule has 2 unspecified atom stereocenters. The number of likely N-dealkylation sites (tertiary alicyclic amines) is 1. The molecule has 1 aliphatic heterocycles. The zero-order chi connectivity index (χ0) is 17.6. The molecule has 2 aromatic rings. The number of guanidine groups is 1. The lowest BCUT2D eigenvalue weighted by molar-refractivity contribution is 0.125. The first-order valence-corrected chi connectivity index (χ1v) is 10.5. The highest BCUT2D eigenvalue weighted by atomic mass is 127. The highest BCUT2D eigenvalue weighted by molar-refractivity contribution is 14.0. The molecule has 2 N–H and O–H groups in total. The van der Waals surface area contributed by atoms with Crippen LogP contribution >= 0.6 is 46.7 Å². The molecule has 8 heteroatoms. The second-order valence-corrected chi connectivity index (χ2v) is 8.79. The van der Waals surface area contributed by atoms with E-state index in [1.165, 1.54) is 29.1 Å². The number of aryl methyl sites for hydroxylation is 1. The van der Waals surface area contributed by atoms with Gasteiger partial charge in [-0.3, -0.25) is 9.89 Å². The van der Waals surface area contributed by atoms with Gasteiger partial charge in [0.25, 0.3) is 0 Å². The van der Waals surface area contributed by atoms with Crippen molar-refractivity contribution < 1.29 is 0 Å². The van der Waals surface area contributed by atoms with Gasteiger partial charge >= 0.3 is 0 Å². The smallest absolute Gasteiger partial charge is 0.191 e. The summed E-state index contributed by atoms with van der Waals surface area (Å²) in [5.41, 5.74) is 0. The number of halogens is 1. The number of piperidine rings is 1. The van der Waals surface area contributed by atoms with Gasteiger partial charge in [0, 0.05) is 35.6 Å². The number of hydrogen-bond acceptors (Lipinski definition) is 5. The van der Waals surface area contributed by atoms with Gasteiger partial charge in [-0.25, -0.2) is 4.98 Å². The number of thiophene rings is 1. The summed E-state index contributed by atoms with van der Waals surface area (Å²) in [6, 6.07) is 4.93. The molecule has 2 atom stereocenters. The van der Waals surface area contributed by atoms with Crippen molar-refractivity contribution in [1.82, 2.24) is 20.5 Å². The summed E-state index contributed by atoms with van der Waals surface area (Å²) in [6.07, 6.45) is 4.45. The Morgan fingerprint density at radius 3 is 2.92 bits per heavy atom. The lowest BCUT2D eigenvalue weighted by Crippen LogP contribution is -2.44. The molecule has 0 aromatic carbocycles. The van der Waals surface area contributed by atoms with Gasteiger partial charge in [-0.15, -0.1) is 46.7 Å². The fraction of sp³-hybridized carbons (Fsp3) is 0.556. The summed E-state index contributed by atoms with van der Waals surface area (Å²) in [5, 5.41) is 10.2. The van der Waals surface area contributed by atoms with Crippen LogP contribution in [-0.2, 0) is 6.54 Å². The number of rotatable bonds is 5. The predicted octanol–water partition coefficient (Wildman–Crippen LogP) is 3.88. The second-order valence-electron chi connectivity index (χ2n) is 6.50. The minimum absolute atomic E-state index is 0. The van der Waals surface area contributed by atoms with Crippen molar-refractivity contribution >= 4 is 52.6 Å². The van der Waals surface area contributed by atoms with Crippen molar-refractivity contribution in [2.75, 3.05) is 27.2 Å². The van der Waals surface area contributed by atoms with Gasteiger partial charge in [0.05, 0.1) is 11.6 Å². The van der Waals surface area contributed by atoms with Crippen molar-refractivity contribution in [1.29, 1.82) is 0 Å². The Balaban J connectivity index is 0.00000243. The SMILES string of the molecule is CN=C(NCc1cnc(C)s1)NCC1CCCN(C)C1c1cccs1.I. The van der Waals surface area contributed by atoms with E-state index in [9.17, 15) is 0 Å². The molecule has 144 valence electrons. The molecule has 0 amide bonds. The number of hydrogen-bond donors (Lipinski definition) is 2. The third-order valence-electron chi connectivity index (χ3n) is 4.70. The highest BCUT2D eigenvalue weighted by Gasteiger charge is 2.31. The molecule has 0 radical (unpaired) electrons. The Morgan fingerprint density at radius 2 is 2.27 bits per heavy atom. The molecule has 3 rings (SSSR count). The summed E-state index contributed by atoms with van der Waals surface area (Å²) in [7, 11) is 4.08. The second kappa shape index (κ2) is 10.6. The Bertz CT molecular complexity index is 686. The Kier molecular flexibility index (Phi) is 8.78. The van der Waals surface area contributed by atoms with Crippen LogP contribution in [0.1, 0.15) is 33.6 Å². The molecule has 3 heterocycles. The predicted molar refractivity (Wildman–Crippen MR) is 123 cm³/mol. The van der Waals surface area contributed by atoms with Crippen LogP contribution in [-0.4, -0.2) is 43.0 Å². The fourth-order valence-electron chi connectivity index (χ4n) is 3.49. The van der Waals surface area contributed by atoms with Gasteiger partial charge in [0.1, 0.15) is 0 Å². The van der Waals surface area contributed by atoms with Gasteiger partial charge in [0.2, 0.25) is 0 Å². The summed E-state index contributed by atoms with van der Waals surface area (Å²) in [4.78, 5) is 13.9. The van der Waals surface area contributed by atoms with E-state index in [4.69, 9.17) is 0 Å². The molecular formula is C18H28IN5S2. The zero-order valence-corrected chi connectivity index (χ0v) is 19.5. The maximum absolute atomic E-state index is 4.37. The molecule has 0 aliphatic carbocycles. The molecule has 26 heavy (non-hydrogen) atoms. The van der Waals surface area contributed by atoms with Crippen LogP contribution in [0.3, 0.4) is 0 Å². The average molecular weight is 505 g/mol. The van der Waals surface area contributed by atoms with E-state index in [2.05, 4.69) is 50.1 Å². The molecule has 1 aliphatic rings. The average Bonchev–Trinajstić information content (AvgIpc) is 3.27. The number of nitrogens with one attached hydrogen (secondary N) is 2. The quantitative estimate of drug-likeness (QED) is 0.368. The van der Waals surface area contributed by atoms with Crippen LogP contribution in [0.15, 0.2) is 28.7 Å². The van der Waals surface area contributed by atoms with Crippen molar-refractivity contribution in [3.05, 3.63) is 38.5 Å². The topological polar surface area (TPSA) is 52.6 Å². The van der Waals surface area contributed by atoms with Crippen molar-refractivity contribution in [2.24, 2.45) is 10.9 Å². The number of aromatic nitrogens is 1. The molecular weight excluding hydrogens is 477 g/mol. The van der Waals surface area contributed by atoms with E-state index < -0.39 is 0 Å². The van der Waals surface area contributed by atoms with Crippen LogP contribution in [0.25, 0.3) is 0 Å². The number of aliphatic imine (C=N–C) groups is 1. The van der Waals surface area contributed by atoms with Crippen LogP contribution in [0.2, 0.25) is 0 Å². The summed E-state index contributed by atoms with van der Waals surface area (Å²) < 4.78 is 0. The standard InChI is InChI=1S/C18H27N5S2.HI/c1-13-20-11-15(25-13)12-22-18(19-2)21-10-14-6-4-8-23(3)17(14)16-7-5-9-24-16;/h5,7,9,11,14,17H,4,6,8,10,12H2,1-3H3,(H2,19,21,22);1H. The van der Waals surface area contributed by atoms with Crippen LogP contribution in [0.4, 0.5) is 0 Å². The molecule has 1 fully saturated rings. The lowest BCUT2D eigenvalue weighted by atomic mass is 9.88. The van der Waals surface area contributed by atoms with E-state index in [0.29, 0.717) is 12.0 Å². The number of nitrogens with zero attached hydrogens (tertiary/aromatic N) is 3. The summed E-state index contributed by atoms with van der Waals surface area (Å²) >= 11 is 3.59. The molecule has 5 nitrogen and oxygen atoms in total. The van der Waals surface area contributed by atoms with E-state index in [-0.39, 0.29) is 24.0 Å². The van der Waals surface area contributed by atoms with E-state index >= 15 is 0 Å². The number of thiazole rings is 1. The van der Waals surface area contributed by atoms with Crippen LogP contribution < -0.4 is 10.6 Å². The van der Waals surface area contributed by atoms with E-state index in [1.54, 1.807) is 11.3 Å². The first kappa shape index (κ1) is 21.6. The van der Waals surface area contributed by atoms with E-state index in [0.717, 1.165) is 24.1 Å². The summed E-state index contributed by atoms with van der Waals surface area (Å²) in [5.74, 6) is 1.46. The fourth-order valence-corrected chi connectivity index (χ4v) is 5.21. The maximum atomic E-state index is 4.37. The van der Waals surface area contributed by atoms with Gasteiger partial charge in [0.15, 0.2) is 5.96 Å². The third-order valence-corrected chi connectivity index (χ3v) is 6.55. The zero-order valence-electron chi connectivity index (χ0n) is 15.6. The van der Waals surface area contributed by atoms with Gasteiger partial charge in [-0.1, -0.05) is 6.07 Å². The van der Waals surface area contributed by atoms with Crippen LogP contribution in [0, 0.1) is 12.8 Å². The largest absolute Gasteiger partial charge is 0.356 e. The minimum Gasteiger partial charge on any atom is -0.356 e. The Morgan fingerprint density at radius 1 is 1.42 bits per heavy atom. The first-order valence-electron chi connectivity index (χ1n) is 8.77. The lowest BCUT2D eigenvalue weighted by Gasteiger charge is -2.39.